The quantitative estimate of drug-likeness (QED) is 0.570. The number of amides is 2. The average Bonchev–Trinajstić information content (AvgIpc) is 3.08. The minimum atomic E-state index is -0.301. The van der Waals surface area contributed by atoms with Crippen molar-refractivity contribution in [1.29, 1.82) is 0 Å². The van der Waals surface area contributed by atoms with Crippen LogP contribution >= 0.6 is 11.3 Å². The topological polar surface area (TPSA) is 79.8 Å². The van der Waals surface area contributed by atoms with E-state index in [1.807, 2.05) is 24.4 Å². The molecule has 6 nitrogen and oxygen atoms in total. The van der Waals surface area contributed by atoms with Crippen molar-refractivity contribution in [3.05, 3.63) is 46.7 Å². The molecule has 1 aromatic heterocycles. The molecule has 7 heteroatoms. The van der Waals surface area contributed by atoms with Gasteiger partial charge in [-0.2, -0.15) is 5.10 Å². The van der Waals surface area contributed by atoms with E-state index in [9.17, 15) is 9.59 Å². The first-order valence-electron chi connectivity index (χ1n) is 7.55. The number of carbonyl (C=O) groups excluding carboxylic acids is 2. The zero-order valence-electron chi connectivity index (χ0n) is 13.3. The van der Waals surface area contributed by atoms with Gasteiger partial charge in [-0.15, -0.1) is 11.3 Å². The third-order valence-electron chi connectivity index (χ3n) is 2.95. The SMILES string of the molecule is CCOc1ccc(NC(=O)CCC(=O)NN=Cc2cccs2)cc1. The maximum Gasteiger partial charge on any atom is 0.240 e. The molecule has 1 aromatic carbocycles. The average molecular weight is 345 g/mol. The van der Waals surface area contributed by atoms with Crippen molar-refractivity contribution < 1.29 is 14.3 Å². The van der Waals surface area contributed by atoms with E-state index in [0.29, 0.717) is 12.3 Å². The summed E-state index contributed by atoms with van der Waals surface area (Å²) in [4.78, 5) is 24.4. The van der Waals surface area contributed by atoms with Gasteiger partial charge in [0.25, 0.3) is 0 Å². The Morgan fingerprint density at radius 3 is 2.58 bits per heavy atom. The van der Waals surface area contributed by atoms with E-state index in [0.717, 1.165) is 10.6 Å². The second-order valence-corrected chi connectivity index (χ2v) is 5.79. The molecule has 2 amide bonds. The second kappa shape index (κ2) is 9.46. The maximum atomic E-state index is 11.8. The number of nitrogens with zero attached hydrogens (tertiary/aromatic N) is 1. The molecular formula is C17H19N3O3S. The minimum Gasteiger partial charge on any atom is -0.494 e. The van der Waals surface area contributed by atoms with E-state index in [1.54, 1.807) is 30.5 Å². The molecule has 126 valence electrons. The molecule has 0 fully saturated rings. The van der Waals surface area contributed by atoms with Crippen molar-refractivity contribution in [2.24, 2.45) is 5.10 Å². The van der Waals surface area contributed by atoms with Gasteiger partial charge in [0.2, 0.25) is 11.8 Å². The highest BCUT2D eigenvalue weighted by molar-refractivity contribution is 7.11. The molecule has 2 aromatic rings. The largest absolute Gasteiger partial charge is 0.494 e. The fourth-order valence-corrected chi connectivity index (χ4v) is 2.43. The second-order valence-electron chi connectivity index (χ2n) is 4.81. The van der Waals surface area contributed by atoms with Crippen LogP contribution < -0.4 is 15.5 Å². The van der Waals surface area contributed by atoms with Crippen LogP contribution in [-0.2, 0) is 9.59 Å². The van der Waals surface area contributed by atoms with Crippen LogP contribution in [-0.4, -0.2) is 24.6 Å². The molecule has 0 atom stereocenters. The summed E-state index contributed by atoms with van der Waals surface area (Å²) in [5.41, 5.74) is 3.07. The summed E-state index contributed by atoms with van der Waals surface area (Å²) in [7, 11) is 0. The highest BCUT2D eigenvalue weighted by atomic mass is 32.1. The first-order chi connectivity index (χ1) is 11.7. The normalized spacial score (nSPS) is 10.5. The lowest BCUT2D eigenvalue weighted by atomic mass is 10.2. The molecule has 0 saturated heterocycles. The number of thiophene rings is 1. The van der Waals surface area contributed by atoms with Gasteiger partial charge in [0.05, 0.1) is 12.8 Å². The van der Waals surface area contributed by atoms with Gasteiger partial charge in [0, 0.05) is 23.4 Å². The number of ether oxygens (including phenoxy) is 1. The van der Waals surface area contributed by atoms with Gasteiger partial charge in [-0.1, -0.05) is 6.07 Å². The van der Waals surface area contributed by atoms with Crippen molar-refractivity contribution in [3.8, 4) is 5.75 Å². The van der Waals surface area contributed by atoms with Crippen LogP contribution in [0.3, 0.4) is 0 Å². The molecule has 24 heavy (non-hydrogen) atoms. The highest BCUT2D eigenvalue weighted by Gasteiger charge is 2.07. The highest BCUT2D eigenvalue weighted by Crippen LogP contribution is 2.15. The summed E-state index contributed by atoms with van der Waals surface area (Å²) >= 11 is 1.52. The molecule has 0 aliphatic carbocycles. The summed E-state index contributed by atoms with van der Waals surface area (Å²) in [5, 5.41) is 8.50. The Morgan fingerprint density at radius 2 is 1.92 bits per heavy atom. The van der Waals surface area contributed by atoms with Gasteiger partial charge in [-0.05, 0) is 42.6 Å². The summed E-state index contributed by atoms with van der Waals surface area (Å²) in [6.45, 7) is 2.50. The van der Waals surface area contributed by atoms with E-state index in [2.05, 4.69) is 15.8 Å². The fourth-order valence-electron chi connectivity index (χ4n) is 1.84. The van der Waals surface area contributed by atoms with Gasteiger partial charge in [-0.3, -0.25) is 9.59 Å². The van der Waals surface area contributed by atoms with Gasteiger partial charge in [0.1, 0.15) is 5.75 Å². The molecule has 0 aliphatic rings. The van der Waals surface area contributed by atoms with Crippen LogP contribution in [0.15, 0.2) is 46.9 Å². The van der Waals surface area contributed by atoms with Crippen LogP contribution in [0.25, 0.3) is 0 Å². The first-order valence-corrected chi connectivity index (χ1v) is 8.43. The number of hydrogen-bond donors (Lipinski definition) is 2. The van der Waals surface area contributed by atoms with E-state index in [4.69, 9.17) is 4.74 Å². The fraction of sp³-hybridized carbons (Fsp3) is 0.235. The molecule has 0 bridgehead atoms. The summed E-state index contributed by atoms with van der Waals surface area (Å²) in [6, 6.07) is 10.9. The Bertz CT molecular complexity index is 682. The Morgan fingerprint density at radius 1 is 1.17 bits per heavy atom. The third kappa shape index (κ3) is 6.21. The Balaban J connectivity index is 1.69. The van der Waals surface area contributed by atoms with E-state index in [-0.39, 0.29) is 24.7 Å². The van der Waals surface area contributed by atoms with Crippen molar-refractivity contribution >= 4 is 35.1 Å². The summed E-state index contributed by atoms with van der Waals surface area (Å²) in [5.74, 6) is 0.222. The zero-order valence-corrected chi connectivity index (χ0v) is 14.1. The van der Waals surface area contributed by atoms with Crippen LogP contribution in [0.4, 0.5) is 5.69 Å². The van der Waals surface area contributed by atoms with Crippen LogP contribution in [0.1, 0.15) is 24.6 Å². The maximum absolute atomic E-state index is 11.8. The molecule has 0 saturated carbocycles. The van der Waals surface area contributed by atoms with Gasteiger partial charge in [-0.25, -0.2) is 5.43 Å². The lowest BCUT2D eigenvalue weighted by Gasteiger charge is -2.07. The summed E-state index contributed by atoms with van der Waals surface area (Å²) < 4.78 is 5.33. The Labute approximate surface area is 144 Å². The molecule has 0 aliphatic heterocycles. The number of rotatable bonds is 8. The molecule has 0 radical (unpaired) electrons. The first kappa shape index (κ1) is 17.7. The molecule has 0 spiro atoms. The molecular weight excluding hydrogens is 326 g/mol. The number of hydrogen-bond acceptors (Lipinski definition) is 5. The van der Waals surface area contributed by atoms with Crippen molar-refractivity contribution in [1.82, 2.24) is 5.43 Å². The number of benzene rings is 1. The number of hydrazone groups is 1. The van der Waals surface area contributed by atoms with E-state index < -0.39 is 0 Å². The van der Waals surface area contributed by atoms with Crippen molar-refractivity contribution in [2.75, 3.05) is 11.9 Å². The Hall–Kier alpha value is -2.67. The van der Waals surface area contributed by atoms with Crippen LogP contribution in [0.5, 0.6) is 5.75 Å². The Kier molecular flexibility index (Phi) is 6.97. The summed E-state index contributed by atoms with van der Waals surface area (Å²) in [6.07, 6.45) is 1.74. The lowest BCUT2D eigenvalue weighted by molar-refractivity contribution is -0.124. The smallest absolute Gasteiger partial charge is 0.240 e. The van der Waals surface area contributed by atoms with Crippen molar-refractivity contribution in [2.45, 2.75) is 19.8 Å². The molecule has 0 unspecified atom stereocenters. The standard InChI is InChI=1S/C17H19N3O3S/c1-2-23-14-7-5-13(6-8-14)19-16(21)9-10-17(22)20-18-12-15-4-3-11-24-15/h3-8,11-12H,2,9-10H2,1H3,(H,19,21)(H,20,22). The monoisotopic (exact) mass is 345 g/mol. The van der Waals surface area contributed by atoms with Crippen LogP contribution in [0.2, 0.25) is 0 Å². The van der Waals surface area contributed by atoms with Crippen LogP contribution in [0, 0.1) is 0 Å². The lowest BCUT2D eigenvalue weighted by Crippen LogP contribution is -2.20. The van der Waals surface area contributed by atoms with Crippen molar-refractivity contribution in [3.63, 3.8) is 0 Å². The predicted octanol–water partition coefficient (Wildman–Crippen LogP) is 3.02. The minimum absolute atomic E-state index is 0.0741. The van der Waals surface area contributed by atoms with E-state index >= 15 is 0 Å². The molecule has 2 rings (SSSR count). The zero-order chi connectivity index (χ0) is 17.2. The van der Waals surface area contributed by atoms with Gasteiger partial charge < -0.3 is 10.1 Å². The van der Waals surface area contributed by atoms with Gasteiger partial charge >= 0.3 is 0 Å². The third-order valence-corrected chi connectivity index (χ3v) is 3.76. The van der Waals surface area contributed by atoms with E-state index in [1.165, 1.54) is 11.3 Å². The number of anilines is 1. The number of carbonyl (C=O) groups is 2. The molecule has 1 heterocycles. The molecule has 2 N–H and O–H groups in total. The predicted molar refractivity (Wildman–Crippen MR) is 95.5 cm³/mol. The number of nitrogens with one attached hydrogen (secondary N) is 2. The van der Waals surface area contributed by atoms with Gasteiger partial charge in [0.15, 0.2) is 0 Å².